The molecule has 0 unspecified atom stereocenters. The van der Waals surface area contributed by atoms with E-state index in [2.05, 4.69) is 5.32 Å². The molecule has 3 rings (SSSR count). The van der Waals surface area contributed by atoms with Crippen molar-refractivity contribution in [2.75, 3.05) is 36.4 Å². The monoisotopic (exact) mass is 568 g/mol. The number of carbonyl (C=O) groups is 2. The van der Waals surface area contributed by atoms with Crippen LogP contribution in [0.4, 0.5) is 42.1 Å². The summed E-state index contributed by atoms with van der Waals surface area (Å²) in [5.74, 6) is -5.68. The fourth-order valence-electron chi connectivity index (χ4n) is 4.08. The first-order valence-corrected chi connectivity index (χ1v) is 11.8. The number of alkyl halides is 5. The van der Waals surface area contributed by atoms with Crippen LogP contribution in [0.5, 0.6) is 0 Å². The molecule has 208 valence electrons. The molecule has 2 aromatic carbocycles. The summed E-state index contributed by atoms with van der Waals surface area (Å²) in [4.78, 5) is 27.3. The second-order valence-corrected chi connectivity index (χ2v) is 9.18. The van der Waals surface area contributed by atoms with Crippen LogP contribution in [0.1, 0.15) is 29.3 Å². The van der Waals surface area contributed by atoms with Crippen molar-refractivity contribution in [2.45, 2.75) is 38.5 Å². The molecule has 0 radical (unpaired) electrons. The van der Waals surface area contributed by atoms with E-state index in [1.165, 1.54) is 12.1 Å². The van der Waals surface area contributed by atoms with Gasteiger partial charge in [0.05, 0.1) is 23.4 Å². The van der Waals surface area contributed by atoms with E-state index < -0.39 is 60.1 Å². The zero-order valence-corrected chi connectivity index (χ0v) is 20.8. The Balaban J connectivity index is 1.75. The number of carbonyl (C=O) groups excluding carboxylic acids is 2. The van der Waals surface area contributed by atoms with Gasteiger partial charge in [-0.3, -0.25) is 14.5 Å². The van der Waals surface area contributed by atoms with Crippen molar-refractivity contribution in [2.24, 2.45) is 0 Å². The zero-order chi connectivity index (χ0) is 28.2. The number of nitrogens with one attached hydrogen (secondary N) is 2. The van der Waals surface area contributed by atoms with Crippen LogP contribution < -0.4 is 15.5 Å². The smallest absolute Gasteiger partial charge is 0.365 e. The second-order valence-electron chi connectivity index (χ2n) is 8.74. The molecular weight excluding hydrogens is 545 g/mol. The van der Waals surface area contributed by atoms with Crippen molar-refractivity contribution in [1.82, 2.24) is 10.2 Å². The average molecular weight is 569 g/mol. The SMILES string of the molecule is C[C@@H]1CN(CCC(F)(F)F)CCN1c1cc(Cl)ccc1NC(=O)c1ccc(CNC(=O)C(F)F)c(F)c1F. The Morgan fingerprint density at radius 3 is 2.45 bits per heavy atom. The molecule has 2 N–H and O–H groups in total. The first kappa shape index (κ1) is 29.5. The zero-order valence-electron chi connectivity index (χ0n) is 20.0. The molecule has 0 saturated carbocycles. The Morgan fingerprint density at radius 1 is 1.11 bits per heavy atom. The maximum atomic E-state index is 14.7. The lowest BCUT2D eigenvalue weighted by Crippen LogP contribution is -2.52. The molecule has 0 spiro atoms. The Bertz CT molecular complexity index is 1180. The molecule has 38 heavy (non-hydrogen) atoms. The summed E-state index contributed by atoms with van der Waals surface area (Å²) in [6, 6.07) is 6.16. The van der Waals surface area contributed by atoms with Gasteiger partial charge in [0.25, 0.3) is 11.8 Å². The van der Waals surface area contributed by atoms with Crippen molar-refractivity contribution in [3.05, 3.63) is 58.1 Å². The molecule has 0 aromatic heterocycles. The van der Waals surface area contributed by atoms with Crippen molar-refractivity contribution >= 4 is 34.8 Å². The van der Waals surface area contributed by atoms with E-state index in [9.17, 15) is 40.3 Å². The number of amides is 2. The first-order valence-electron chi connectivity index (χ1n) is 11.5. The number of hydrogen-bond donors (Lipinski definition) is 2. The number of benzene rings is 2. The van der Waals surface area contributed by atoms with Gasteiger partial charge in [-0.05, 0) is 31.2 Å². The van der Waals surface area contributed by atoms with Crippen molar-refractivity contribution in [3.63, 3.8) is 0 Å². The van der Waals surface area contributed by atoms with Crippen LogP contribution in [0, 0.1) is 11.6 Å². The van der Waals surface area contributed by atoms with Gasteiger partial charge in [-0.25, -0.2) is 8.78 Å². The van der Waals surface area contributed by atoms with Crippen LogP contribution in [0.25, 0.3) is 0 Å². The number of anilines is 2. The van der Waals surface area contributed by atoms with Gasteiger partial charge >= 0.3 is 12.6 Å². The number of hydrogen-bond acceptors (Lipinski definition) is 4. The predicted molar refractivity (Wildman–Crippen MR) is 128 cm³/mol. The fourth-order valence-corrected chi connectivity index (χ4v) is 4.24. The van der Waals surface area contributed by atoms with Gasteiger partial charge in [0.15, 0.2) is 11.6 Å². The number of nitrogens with zero attached hydrogens (tertiary/aromatic N) is 2. The van der Waals surface area contributed by atoms with Crippen LogP contribution in [0.15, 0.2) is 30.3 Å². The third-order valence-corrected chi connectivity index (χ3v) is 6.23. The largest absolute Gasteiger partial charge is 0.390 e. The highest BCUT2D eigenvalue weighted by molar-refractivity contribution is 6.31. The molecule has 2 aromatic rings. The molecule has 1 saturated heterocycles. The van der Waals surface area contributed by atoms with Crippen LogP contribution in [0.3, 0.4) is 0 Å². The van der Waals surface area contributed by atoms with E-state index >= 15 is 0 Å². The van der Waals surface area contributed by atoms with E-state index in [-0.39, 0.29) is 18.3 Å². The second kappa shape index (κ2) is 12.2. The third-order valence-electron chi connectivity index (χ3n) is 6.00. The molecule has 6 nitrogen and oxygen atoms in total. The summed E-state index contributed by atoms with van der Waals surface area (Å²) >= 11 is 6.14. The van der Waals surface area contributed by atoms with Gasteiger partial charge in [-0.2, -0.15) is 22.0 Å². The lowest BCUT2D eigenvalue weighted by Gasteiger charge is -2.42. The minimum Gasteiger partial charge on any atom is -0.365 e. The van der Waals surface area contributed by atoms with Crippen molar-refractivity contribution in [3.8, 4) is 0 Å². The highest BCUT2D eigenvalue weighted by Crippen LogP contribution is 2.33. The van der Waals surface area contributed by atoms with E-state index in [0.717, 1.165) is 12.1 Å². The predicted octanol–water partition coefficient (Wildman–Crippen LogP) is 5.21. The third kappa shape index (κ3) is 7.50. The minimum atomic E-state index is -4.27. The van der Waals surface area contributed by atoms with Crippen LogP contribution in [0.2, 0.25) is 5.02 Å². The summed E-state index contributed by atoms with van der Waals surface area (Å²) in [6.45, 7) is 1.91. The van der Waals surface area contributed by atoms with Gasteiger partial charge in [-0.1, -0.05) is 17.7 Å². The van der Waals surface area contributed by atoms with Gasteiger partial charge in [-0.15, -0.1) is 0 Å². The van der Waals surface area contributed by atoms with E-state index in [1.807, 2.05) is 4.90 Å². The number of rotatable bonds is 8. The summed E-state index contributed by atoms with van der Waals surface area (Å²) in [7, 11) is 0. The average Bonchev–Trinajstić information content (AvgIpc) is 2.84. The Hall–Kier alpha value is -3.06. The Labute approximate surface area is 218 Å². The van der Waals surface area contributed by atoms with Crippen molar-refractivity contribution in [1.29, 1.82) is 0 Å². The van der Waals surface area contributed by atoms with Gasteiger partial charge in [0, 0.05) is 49.4 Å². The molecule has 1 heterocycles. The van der Waals surface area contributed by atoms with Gasteiger partial charge in [0.1, 0.15) is 0 Å². The topological polar surface area (TPSA) is 64.7 Å². The molecule has 1 aliphatic rings. The minimum absolute atomic E-state index is 0.145. The highest BCUT2D eigenvalue weighted by atomic mass is 35.5. The van der Waals surface area contributed by atoms with E-state index in [4.69, 9.17) is 11.6 Å². The van der Waals surface area contributed by atoms with Gasteiger partial charge < -0.3 is 15.5 Å². The maximum absolute atomic E-state index is 14.7. The molecule has 1 aliphatic heterocycles. The number of halogens is 8. The lowest BCUT2D eigenvalue weighted by atomic mass is 10.1. The van der Waals surface area contributed by atoms with Crippen molar-refractivity contribution < 1.29 is 40.3 Å². The van der Waals surface area contributed by atoms with Crippen LogP contribution >= 0.6 is 11.6 Å². The Morgan fingerprint density at radius 2 is 1.82 bits per heavy atom. The van der Waals surface area contributed by atoms with Crippen LogP contribution in [-0.4, -0.2) is 61.5 Å². The molecule has 0 aliphatic carbocycles. The quantitative estimate of drug-likeness (QED) is 0.429. The number of piperazine rings is 1. The molecule has 1 atom stereocenters. The van der Waals surface area contributed by atoms with E-state index in [0.29, 0.717) is 30.3 Å². The van der Waals surface area contributed by atoms with E-state index in [1.54, 1.807) is 23.2 Å². The maximum Gasteiger partial charge on any atom is 0.390 e. The molecule has 0 bridgehead atoms. The summed E-state index contributed by atoms with van der Waals surface area (Å²) < 4.78 is 91.5. The lowest BCUT2D eigenvalue weighted by molar-refractivity contribution is -0.138. The molecule has 14 heteroatoms. The highest BCUT2D eigenvalue weighted by Gasteiger charge is 2.31. The standard InChI is InChI=1S/C24H24ClF7N4O2/c1-13-12-35(7-6-24(30,31)32)8-9-36(13)18-10-15(25)3-5-17(18)34-22(37)16-4-2-14(19(26)20(16)27)11-33-23(38)21(28)29/h2-5,10,13,21H,6-9,11-12H2,1H3,(H,33,38)(H,34,37)/t13-/m1/s1. The summed E-state index contributed by atoms with van der Waals surface area (Å²) in [6.07, 6.45) is -8.53. The van der Waals surface area contributed by atoms with Crippen LogP contribution in [-0.2, 0) is 11.3 Å². The summed E-state index contributed by atoms with van der Waals surface area (Å²) in [5.41, 5.74) is -0.445. The molecule has 2 amide bonds. The molecule has 1 fully saturated rings. The normalized spacial score (nSPS) is 16.6. The summed E-state index contributed by atoms with van der Waals surface area (Å²) in [5, 5.41) is 4.57. The molecular formula is C24H24ClF7N4O2. The first-order chi connectivity index (χ1) is 17.8. The Kier molecular flexibility index (Phi) is 9.47. The van der Waals surface area contributed by atoms with Gasteiger partial charge in [0.2, 0.25) is 0 Å². The fraction of sp³-hybridized carbons (Fsp3) is 0.417.